The van der Waals surface area contributed by atoms with Crippen molar-refractivity contribution in [2.75, 3.05) is 11.1 Å². The number of nitrogens with two attached hydrogens (primary N) is 1. The van der Waals surface area contributed by atoms with E-state index >= 15 is 0 Å². The minimum Gasteiger partial charge on any atom is -0.483 e. The van der Waals surface area contributed by atoms with Crippen molar-refractivity contribution in [3.63, 3.8) is 0 Å². The van der Waals surface area contributed by atoms with Crippen LogP contribution in [0, 0.1) is 11.6 Å². The van der Waals surface area contributed by atoms with E-state index in [9.17, 15) is 39.9 Å². The number of amides is 1. The highest BCUT2D eigenvalue weighted by Gasteiger charge is 2.42. The highest BCUT2D eigenvalue weighted by atomic mass is 35.5. The number of nitrogens with zero attached hydrogens (tertiary/aromatic N) is 6. The predicted molar refractivity (Wildman–Crippen MR) is 222 cm³/mol. The summed E-state index contributed by atoms with van der Waals surface area (Å²) >= 11 is 23.9. The Morgan fingerprint density at radius 2 is 1.06 bits per heavy atom. The van der Waals surface area contributed by atoms with Gasteiger partial charge in [0.25, 0.3) is 6.47 Å². The highest BCUT2D eigenvalue weighted by Crippen LogP contribution is 2.46. The maximum absolute atomic E-state index is 14.4. The lowest BCUT2D eigenvalue weighted by atomic mass is 10.1. The van der Waals surface area contributed by atoms with Crippen LogP contribution in [0.1, 0.15) is 11.4 Å². The fourth-order valence-corrected chi connectivity index (χ4v) is 7.01. The van der Waals surface area contributed by atoms with Gasteiger partial charge in [-0.05, 0) is 60.7 Å². The Kier molecular flexibility index (Phi) is 14.2. The Bertz CT molecular complexity index is 2980. The van der Waals surface area contributed by atoms with Crippen molar-refractivity contribution in [3.05, 3.63) is 140 Å². The molecule has 0 unspecified atom stereocenters. The van der Waals surface area contributed by atoms with Crippen molar-refractivity contribution in [1.82, 2.24) is 29.9 Å². The SMILES string of the molecule is Nc1c(-c2c(F)cccc2Cl)noc1-c1cnn(-c2cccc(Cl)c2)c1C(F)(F)F.O=CNc1c(-c2c(F)cccc2Cl)noc1-c1cnn(-c2cccc(Cl)c2)c1C(F)(F)F.O=CO. The number of hydrogen-bond donors (Lipinski definition) is 3. The largest absolute Gasteiger partial charge is 0.483 e. The van der Waals surface area contributed by atoms with Gasteiger partial charge in [-0.2, -0.15) is 36.5 Å². The zero-order valence-corrected chi connectivity index (χ0v) is 34.8. The number of nitrogen functional groups attached to an aromatic ring is 1. The van der Waals surface area contributed by atoms with Gasteiger partial charge < -0.3 is 25.2 Å². The van der Waals surface area contributed by atoms with E-state index in [0.29, 0.717) is 9.36 Å². The molecule has 0 aliphatic rings. The topological polar surface area (TPSA) is 180 Å². The Morgan fingerprint density at radius 3 is 1.49 bits per heavy atom. The summed E-state index contributed by atoms with van der Waals surface area (Å²) in [6, 6.07) is 19.0. The molecule has 1 amide bonds. The van der Waals surface area contributed by atoms with Crippen molar-refractivity contribution in [2.24, 2.45) is 0 Å². The van der Waals surface area contributed by atoms with Crippen LogP contribution in [0.5, 0.6) is 0 Å². The minimum atomic E-state index is -4.89. The molecule has 4 aromatic heterocycles. The lowest BCUT2D eigenvalue weighted by Crippen LogP contribution is -2.14. The van der Waals surface area contributed by atoms with Crippen LogP contribution in [-0.2, 0) is 21.9 Å². The fourth-order valence-electron chi connectivity index (χ4n) is 6.14. The molecule has 13 nitrogen and oxygen atoms in total. The average Bonchev–Trinajstić information content (AvgIpc) is 4.04. The van der Waals surface area contributed by atoms with Crippen LogP contribution >= 0.6 is 46.4 Å². The van der Waals surface area contributed by atoms with Crippen molar-refractivity contribution in [1.29, 1.82) is 0 Å². The van der Waals surface area contributed by atoms with E-state index in [4.69, 9.17) is 71.1 Å². The third-order valence-electron chi connectivity index (χ3n) is 8.69. The first-order valence-electron chi connectivity index (χ1n) is 17.6. The van der Waals surface area contributed by atoms with E-state index in [1.165, 1.54) is 72.8 Å². The number of carbonyl (C=O) groups is 2. The first-order valence-corrected chi connectivity index (χ1v) is 19.1. The summed E-state index contributed by atoms with van der Waals surface area (Å²) in [4.78, 5) is 19.6. The Morgan fingerprint density at radius 1 is 0.646 bits per heavy atom. The molecule has 8 aromatic rings. The maximum Gasteiger partial charge on any atom is 0.434 e. The van der Waals surface area contributed by atoms with Gasteiger partial charge in [-0.25, -0.2) is 18.1 Å². The quantitative estimate of drug-likeness (QED) is 0.0979. The molecule has 0 atom stereocenters. The summed E-state index contributed by atoms with van der Waals surface area (Å²) in [7, 11) is 0. The molecule has 336 valence electrons. The number of benzene rings is 4. The summed E-state index contributed by atoms with van der Waals surface area (Å²) in [5, 5.41) is 24.4. The van der Waals surface area contributed by atoms with Gasteiger partial charge >= 0.3 is 12.4 Å². The number of rotatable bonds is 8. The number of carbonyl (C=O) groups excluding carboxylic acids is 1. The maximum atomic E-state index is 14.4. The van der Waals surface area contributed by atoms with Crippen LogP contribution in [0.2, 0.25) is 20.1 Å². The van der Waals surface area contributed by atoms with E-state index in [0.717, 1.165) is 24.5 Å². The second-order valence-corrected chi connectivity index (χ2v) is 14.4. The number of halogens is 12. The van der Waals surface area contributed by atoms with Crippen molar-refractivity contribution < 1.29 is 58.9 Å². The third-order valence-corrected chi connectivity index (χ3v) is 9.79. The number of alkyl halides is 6. The van der Waals surface area contributed by atoms with Gasteiger partial charge in [-0.15, -0.1) is 0 Å². The van der Waals surface area contributed by atoms with Crippen molar-refractivity contribution in [3.8, 4) is 56.5 Å². The zero-order valence-electron chi connectivity index (χ0n) is 31.8. The first kappa shape index (κ1) is 47.5. The van der Waals surface area contributed by atoms with Crippen LogP contribution in [0.15, 0.2) is 106 Å². The summed E-state index contributed by atoms with van der Waals surface area (Å²) < 4.78 is 124. The number of hydrogen-bond acceptors (Lipinski definition) is 9. The molecule has 0 bridgehead atoms. The molecule has 8 rings (SSSR count). The fraction of sp³-hybridized carbons (Fsp3) is 0.0500. The molecule has 0 fully saturated rings. The number of nitrogens with one attached hydrogen (secondary N) is 1. The number of anilines is 2. The van der Waals surface area contributed by atoms with E-state index in [1.54, 1.807) is 0 Å². The standard InChI is InChI=1S/C20H10Cl2F4N4O2.C19H10Cl2F4N4O.CH2O2/c21-10-3-1-4-11(7-10)30-19(20(24,25)26)12(8-28-30)18-17(27-9-31)16(29-32-18)15-13(22)5-2-6-14(15)23;20-9-3-1-4-10(7-9)29-18(19(23,24)25)11(8-27-29)17-15(26)16(28-30-17)14-12(21)5-2-6-13(14)22;2-1-3/h1-9H,(H,27,31);1-8H,26H2;1H,(H,2,3). The highest BCUT2D eigenvalue weighted by molar-refractivity contribution is 6.34. The summed E-state index contributed by atoms with van der Waals surface area (Å²) in [6.07, 6.45) is -7.69. The molecule has 4 aromatic carbocycles. The summed E-state index contributed by atoms with van der Waals surface area (Å²) in [5.74, 6) is -2.45. The van der Waals surface area contributed by atoms with Gasteiger partial charge in [0.1, 0.15) is 34.4 Å². The van der Waals surface area contributed by atoms with Crippen molar-refractivity contribution in [2.45, 2.75) is 12.4 Å². The van der Waals surface area contributed by atoms with E-state index < -0.39 is 58.0 Å². The summed E-state index contributed by atoms with van der Waals surface area (Å²) in [5.41, 5.74) is 1.21. The van der Waals surface area contributed by atoms with Gasteiger partial charge in [0.15, 0.2) is 22.9 Å². The zero-order chi connectivity index (χ0) is 47.4. The second kappa shape index (κ2) is 19.4. The molecule has 0 saturated heterocycles. The second-order valence-electron chi connectivity index (χ2n) is 12.7. The number of carboxylic acid groups (broad SMARTS) is 1. The predicted octanol–water partition coefficient (Wildman–Crippen LogP) is 12.2. The molecule has 65 heavy (non-hydrogen) atoms. The van der Waals surface area contributed by atoms with Crippen LogP contribution in [0.4, 0.5) is 46.5 Å². The van der Waals surface area contributed by atoms with E-state index in [-0.39, 0.29) is 78.2 Å². The molecular weight excluding hydrogens is 966 g/mol. The lowest BCUT2D eigenvalue weighted by Gasteiger charge is -2.12. The normalized spacial score (nSPS) is 11.3. The molecule has 0 spiro atoms. The Labute approximate surface area is 378 Å². The monoisotopic (exact) mass is 986 g/mol. The molecule has 4 heterocycles. The van der Waals surface area contributed by atoms with Gasteiger partial charge in [-0.3, -0.25) is 9.59 Å². The third kappa shape index (κ3) is 9.92. The lowest BCUT2D eigenvalue weighted by molar-refractivity contribution is -0.143. The Balaban J connectivity index is 0.000000204. The molecule has 4 N–H and O–H groups in total. The Hall–Kier alpha value is -6.94. The van der Waals surface area contributed by atoms with E-state index in [1.807, 2.05) is 0 Å². The molecular formula is C40H22Cl4F8N8O5. The van der Waals surface area contributed by atoms with Crippen LogP contribution < -0.4 is 11.1 Å². The molecule has 0 radical (unpaired) electrons. The molecule has 0 aliphatic carbocycles. The minimum absolute atomic E-state index is 0.0211. The van der Waals surface area contributed by atoms with E-state index in [2.05, 4.69) is 25.8 Å². The molecule has 0 aliphatic heterocycles. The number of aromatic nitrogens is 6. The molecule has 0 saturated carbocycles. The smallest absolute Gasteiger partial charge is 0.434 e. The van der Waals surface area contributed by atoms with Crippen LogP contribution in [0.3, 0.4) is 0 Å². The van der Waals surface area contributed by atoms with Gasteiger partial charge in [-0.1, -0.05) is 81.0 Å². The average molecular weight is 988 g/mol. The van der Waals surface area contributed by atoms with Crippen LogP contribution in [0.25, 0.3) is 56.5 Å². The molecule has 25 heteroatoms. The van der Waals surface area contributed by atoms with Gasteiger partial charge in [0, 0.05) is 10.0 Å². The van der Waals surface area contributed by atoms with Gasteiger partial charge in [0.2, 0.25) is 6.41 Å². The van der Waals surface area contributed by atoms with Crippen LogP contribution in [-0.4, -0.2) is 47.9 Å². The van der Waals surface area contributed by atoms with Crippen molar-refractivity contribution >= 4 is 70.7 Å². The van der Waals surface area contributed by atoms with Gasteiger partial charge in [0.05, 0.1) is 56.1 Å². The summed E-state index contributed by atoms with van der Waals surface area (Å²) in [6.45, 7) is -0.250. The first-order chi connectivity index (χ1) is 30.8.